The lowest BCUT2D eigenvalue weighted by molar-refractivity contribution is -0.0257. The smallest absolute Gasteiger partial charge is 0.162 e. The molecule has 1 aromatic rings. The first-order valence-corrected chi connectivity index (χ1v) is 6.47. The van der Waals surface area contributed by atoms with Gasteiger partial charge in [-0.25, -0.2) is 8.78 Å². The largest absolute Gasteiger partial charge is 0.390 e. The van der Waals surface area contributed by atoms with E-state index in [2.05, 4.69) is 13.8 Å². The molecular weight excluding hydrogens is 234 g/mol. The lowest BCUT2D eigenvalue weighted by Gasteiger charge is -2.40. The summed E-state index contributed by atoms with van der Waals surface area (Å²) >= 11 is 0. The molecule has 1 fully saturated rings. The molecule has 0 bridgehead atoms. The molecule has 0 radical (unpaired) electrons. The summed E-state index contributed by atoms with van der Waals surface area (Å²) in [6.07, 6.45) is 3.33. The SMILES string of the molecule is CC1(C)CCC(O)(Cc2cccc(F)c2F)CC1. The van der Waals surface area contributed by atoms with Crippen molar-refractivity contribution in [3.8, 4) is 0 Å². The Kier molecular flexibility index (Phi) is 3.45. The third-order valence-electron chi connectivity index (χ3n) is 4.09. The molecule has 0 aromatic heterocycles. The van der Waals surface area contributed by atoms with Gasteiger partial charge in [0.2, 0.25) is 0 Å². The first-order chi connectivity index (χ1) is 8.31. The zero-order valence-corrected chi connectivity index (χ0v) is 11.0. The average molecular weight is 254 g/mol. The molecule has 0 saturated heterocycles. The Hall–Kier alpha value is -0.960. The highest BCUT2D eigenvalue weighted by Crippen LogP contribution is 2.41. The zero-order chi connectivity index (χ0) is 13.4. The van der Waals surface area contributed by atoms with E-state index in [9.17, 15) is 13.9 Å². The molecule has 100 valence electrons. The van der Waals surface area contributed by atoms with Gasteiger partial charge in [-0.15, -0.1) is 0 Å². The van der Waals surface area contributed by atoms with Crippen molar-refractivity contribution in [3.05, 3.63) is 35.4 Å². The summed E-state index contributed by atoms with van der Waals surface area (Å²) in [4.78, 5) is 0. The van der Waals surface area contributed by atoms with E-state index in [1.165, 1.54) is 6.07 Å². The Bertz CT molecular complexity index is 430. The van der Waals surface area contributed by atoms with Crippen LogP contribution in [0.4, 0.5) is 8.78 Å². The summed E-state index contributed by atoms with van der Waals surface area (Å²) in [7, 11) is 0. The molecule has 1 aliphatic rings. The normalized spacial score (nSPS) is 21.8. The third-order valence-corrected chi connectivity index (χ3v) is 4.09. The molecule has 3 heteroatoms. The molecular formula is C15H20F2O. The molecule has 1 nitrogen and oxygen atoms in total. The van der Waals surface area contributed by atoms with Crippen LogP contribution in [0, 0.1) is 17.0 Å². The fraction of sp³-hybridized carbons (Fsp3) is 0.600. The van der Waals surface area contributed by atoms with Crippen LogP contribution in [0.5, 0.6) is 0 Å². The van der Waals surface area contributed by atoms with Crippen LogP contribution in [0.2, 0.25) is 0 Å². The van der Waals surface area contributed by atoms with Gasteiger partial charge in [-0.05, 0) is 42.7 Å². The highest BCUT2D eigenvalue weighted by Gasteiger charge is 2.37. The van der Waals surface area contributed by atoms with Crippen molar-refractivity contribution < 1.29 is 13.9 Å². The third kappa shape index (κ3) is 2.89. The predicted molar refractivity (Wildman–Crippen MR) is 67.3 cm³/mol. The van der Waals surface area contributed by atoms with Gasteiger partial charge in [0.05, 0.1) is 5.60 Å². The number of benzene rings is 1. The molecule has 1 saturated carbocycles. The van der Waals surface area contributed by atoms with Gasteiger partial charge in [-0.2, -0.15) is 0 Å². The topological polar surface area (TPSA) is 20.2 Å². The molecule has 1 aliphatic carbocycles. The Labute approximate surface area is 107 Å². The number of aliphatic hydroxyl groups is 1. The van der Waals surface area contributed by atoms with Crippen molar-refractivity contribution in [1.29, 1.82) is 0 Å². The number of hydrogen-bond acceptors (Lipinski definition) is 1. The second kappa shape index (κ2) is 4.61. The van der Waals surface area contributed by atoms with Crippen molar-refractivity contribution >= 4 is 0 Å². The van der Waals surface area contributed by atoms with Crippen molar-refractivity contribution in [2.75, 3.05) is 0 Å². The molecule has 1 N–H and O–H groups in total. The van der Waals surface area contributed by atoms with E-state index >= 15 is 0 Å². The monoisotopic (exact) mass is 254 g/mol. The molecule has 1 aromatic carbocycles. The van der Waals surface area contributed by atoms with Crippen LogP contribution in [0.25, 0.3) is 0 Å². The van der Waals surface area contributed by atoms with E-state index in [4.69, 9.17) is 0 Å². The summed E-state index contributed by atoms with van der Waals surface area (Å²) in [5, 5.41) is 10.5. The summed E-state index contributed by atoms with van der Waals surface area (Å²) in [5.41, 5.74) is -0.367. The number of halogens is 2. The number of rotatable bonds is 2. The van der Waals surface area contributed by atoms with Crippen molar-refractivity contribution in [3.63, 3.8) is 0 Å². The van der Waals surface area contributed by atoms with Crippen molar-refractivity contribution in [2.24, 2.45) is 5.41 Å². The van der Waals surface area contributed by atoms with Crippen LogP contribution < -0.4 is 0 Å². The van der Waals surface area contributed by atoms with Gasteiger partial charge in [0.15, 0.2) is 11.6 Å². The first-order valence-electron chi connectivity index (χ1n) is 6.47. The van der Waals surface area contributed by atoms with E-state index in [1.54, 1.807) is 6.07 Å². The highest BCUT2D eigenvalue weighted by atomic mass is 19.2. The average Bonchev–Trinajstić information content (AvgIpc) is 2.30. The zero-order valence-electron chi connectivity index (χ0n) is 11.0. The van der Waals surface area contributed by atoms with Crippen LogP contribution in [-0.2, 0) is 6.42 Å². The van der Waals surface area contributed by atoms with Gasteiger partial charge in [-0.1, -0.05) is 26.0 Å². The standard InChI is InChI=1S/C15H20F2O/c1-14(2)6-8-15(18,9-7-14)10-11-4-3-5-12(16)13(11)17/h3-5,18H,6-10H2,1-2H3. The Morgan fingerprint density at radius 2 is 1.72 bits per heavy atom. The van der Waals surface area contributed by atoms with Gasteiger partial charge in [0.1, 0.15) is 0 Å². The van der Waals surface area contributed by atoms with E-state index < -0.39 is 17.2 Å². The Morgan fingerprint density at radius 3 is 2.33 bits per heavy atom. The van der Waals surface area contributed by atoms with Gasteiger partial charge in [-0.3, -0.25) is 0 Å². The minimum absolute atomic E-state index is 0.201. The van der Waals surface area contributed by atoms with Crippen LogP contribution in [-0.4, -0.2) is 10.7 Å². The van der Waals surface area contributed by atoms with Crippen LogP contribution in [0.15, 0.2) is 18.2 Å². The molecule has 0 atom stereocenters. The van der Waals surface area contributed by atoms with Gasteiger partial charge >= 0.3 is 0 Å². The van der Waals surface area contributed by atoms with Crippen LogP contribution >= 0.6 is 0 Å². The maximum Gasteiger partial charge on any atom is 0.162 e. The molecule has 0 amide bonds. The van der Waals surface area contributed by atoms with Crippen molar-refractivity contribution in [1.82, 2.24) is 0 Å². The van der Waals surface area contributed by atoms with Gasteiger partial charge in [0.25, 0.3) is 0 Å². The minimum Gasteiger partial charge on any atom is -0.390 e. The Balaban J connectivity index is 2.12. The predicted octanol–water partition coefficient (Wildman–Crippen LogP) is 3.84. The van der Waals surface area contributed by atoms with E-state index in [0.29, 0.717) is 12.8 Å². The lowest BCUT2D eigenvalue weighted by atomic mass is 9.69. The first kappa shape index (κ1) is 13.5. The van der Waals surface area contributed by atoms with Gasteiger partial charge in [0, 0.05) is 6.42 Å². The second-order valence-corrected chi connectivity index (χ2v) is 6.28. The molecule has 0 heterocycles. The highest BCUT2D eigenvalue weighted by molar-refractivity contribution is 5.21. The maximum atomic E-state index is 13.6. The van der Waals surface area contributed by atoms with Crippen LogP contribution in [0.3, 0.4) is 0 Å². The van der Waals surface area contributed by atoms with E-state index in [1.807, 2.05) is 0 Å². The molecule has 18 heavy (non-hydrogen) atoms. The molecule has 0 unspecified atom stereocenters. The fourth-order valence-corrected chi connectivity index (χ4v) is 2.61. The molecule has 0 spiro atoms. The summed E-state index contributed by atoms with van der Waals surface area (Å²) in [6.45, 7) is 4.35. The summed E-state index contributed by atoms with van der Waals surface area (Å²) < 4.78 is 26.7. The number of hydrogen-bond donors (Lipinski definition) is 1. The molecule has 2 rings (SSSR count). The second-order valence-electron chi connectivity index (χ2n) is 6.28. The fourth-order valence-electron chi connectivity index (χ4n) is 2.61. The van der Waals surface area contributed by atoms with Crippen LogP contribution in [0.1, 0.15) is 45.1 Å². The summed E-state index contributed by atoms with van der Waals surface area (Å²) in [5.74, 6) is -1.66. The minimum atomic E-state index is -0.885. The van der Waals surface area contributed by atoms with Crippen molar-refractivity contribution in [2.45, 2.75) is 51.6 Å². The van der Waals surface area contributed by atoms with E-state index in [0.717, 1.165) is 18.9 Å². The summed E-state index contributed by atoms with van der Waals surface area (Å²) in [6, 6.07) is 4.15. The van der Waals surface area contributed by atoms with Gasteiger partial charge < -0.3 is 5.11 Å². The lowest BCUT2D eigenvalue weighted by Crippen LogP contribution is -2.39. The van der Waals surface area contributed by atoms with E-state index in [-0.39, 0.29) is 17.4 Å². The quantitative estimate of drug-likeness (QED) is 0.850. The Morgan fingerprint density at radius 1 is 1.11 bits per heavy atom. The molecule has 0 aliphatic heterocycles. The maximum absolute atomic E-state index is 13.6.